The molecule has 3 heteroatoms. The van der Waals surface area contributed by atoms with Crippen molar-refractivity contribution < 1.29 is 4.74 Å². The lowest BCUT2D eigenvalue weighted by Crippen LogP contribution is -2.64. The molecule has 0 bridgehead atoms. The molecular formula is C17H34N2O. The molecule has 0 aromatic heterocycles. The van der Waals surface area contributed by atoms with Crippen molar-refractivity contribution in [2.24, 2.45) is 11.3 Å². The number of ether oxygens (including phenoxy) is 1. The third-order valence-electron chi connectivity index (χ3n) is 5.96. The first-order chi connectivity index (χ1) is 9.67. The van der Waals surface area contributed by atoms with Crippen LogP contribution in [-0.2, 0) is 4.74 Å². The summed E-state index contributed by atoms with van der Waals surface area (Å²) in [6.45, 7) is 11.4. The first kappa shape index (κ1) is 16.3. The summed E-state index contributed by atoms with van der Waals surface area (Å²) in [4.78, 5) is 2.65. The summed E-state index contributed by atoms with van der Waals surface area (Å²) in [6.07, 6.45) is 6.90. The van der Waals surface area contributed by atoms with E-state index in [0.717, 1.165) is 18.6 Å². The van der Waals surface area contributed by atoms with Gasteiger partial charge in [-0.15, -0.1) is 0 Å². The fraction of sp³-hybridized carbons (Fsp3) is 1.00. The van der Waals surface area contributed by atoms with Crippen LogP contribution in [0, 0.1) is 11.3 Å². The average molecular weight is 282 g/mol. The minimum Gasteiger partial charge on any atom is -0.378 e. The van der Waals surface area contributed by atoms with E-state index >= 15 is 0 Å². The Bertz CT molecular complexity index is 285. The quantitative estimate of drug-likeness (QED) is 0.777. The first-order valence-electron chi connectivity index (χ1n) is 8.70. The molecule has 2 unspecified atom stereocenters. The molecule has 0 amide bonds. The smallest absolute Gasteiger partial charge is 0.0661 e. The van der Waals surface area contributed by atoms with E-state index in [9.17, 15) is 0 Å². The zero-order chi connectivity index (χ0) is 14.6. The van der Waals surface area contributed by atoms with Crippen molar-refractivity contribution in [2.75, 3.05) is 33.3 Å². The van der Waals surface area contributed by atoms with Gasteiger partial charge < -0.3 is 15.0 Å². The lowest BCUT2D eigenvalue weighted by atomic mass is 9.58. The SMILES string of the molecule is CCOC1CC(N(C)CC2CCNCC2)C1(CC)CC. The number of hydrogen-bond donors (Lipinski definition) is 1. The highest BCUT2D eigenvalue weighted by molar-refractivity contribution is 5.07. The van der Waals surface area contributed by atoms with Crippen LogP contribution in [0.15, 0.2) is 0 Å². The predicted molar refractivity (Wildman–Crippen MR) is 85.1 cm³/mol. The molecule has 2 aliphatic rings. The van der Waals surface area contributed by atoms with E-state index in [2.05, 4.69) is 38.0 Å². The second-order valence-electron chi connectivity index (χ2n) is 6.77. The van der Waals surface area contributed by atoms with Gasteiger partial charge in [0, 0.05) is 24.6 Å². The molecule has 0 aromatic carbocycles. The highest BCUT2D eigenvalue weighted by Crippen LogP contribution is 2.51. The van der Waals surface area contributed by atoms with E-state index < -0.39 is 0 Å². The Morgan fingerprint density at radius 2 is 1.80 bits per heavy atom. The fourth-order valence-corrected chi connectivity index (χ4v) is 4.56. The van der Waals surface area contributed by atoms with Gasteiger partial charge in [0.15, 0.2) is 0 Å². The summed E-state index contributed by atoms with van der Waals surface area (Å²) in [5, 5.41) is 3.47. The van der Waals surface area contributed by atoms with Crippen LogP contribution in [0.1, 0.15) is 52.9 Å². The molecular weight excluding hydrogens is 248 g/mol. The predicted octanol–water partition coefficient (Wildman–Crippen LogP) is 2.90. The molecule has 2 fully saturated rings. The van der Waals surface area contributed by atoms with Crippen LogP contribution in [0.25, 0.3) is 0 Å². The Morgan fingerprint density at radius 3 is 2.35 bits per heavy atom. The summed E-state index contributed by atoms with van der Waals surface area (Å²) >= 11 is 0. The Balaban J connectivity index is 1.93. The zero-order valence-corrected chi connectivity index (χ0v) is 14.0. The first-order valence-corrected chi connectivity index (χ1v) is 8.70. The van der Waals surface area contributed by atoms with E-state index in [-0.39, 0.29) is 0 Å². The second kappa shape index (κ2) is 7.24. The van der Waals surface area contributed by atoms with E-state index in [1.165, 1.54) is 51.7 Å². The van der Waals surface area contributed by atoms with Gasteiger partial charge in [0.25, 0.3) is 0 Å². The lowest BCUT2D eigenvalue weighted by molar-refractivity contribution is -0.169. The molecule has 1 heterocycles. The van der Waals surface area contributed by atoms with Crippen molar-refractivity contribution in [1.29, 1.82) is 0 Å². The van der Waals surface area contributed by atoms with Crippen molar-refractivity contribution in [3.8, 4) is 0 Å². The number of nitrogens with zero attached hydrogens (tertiary/aromatic N) is 1. The van der Waals surface area contributed by atoms with Crippen LogP contribution in [0.4, 0.5) is 0 Å². The number of nitrogens with one attached hydrogen (secondary N) is 1. The van der Waals surface area contributed by atoms with Gasteiger partial charge in [-0.2, -0.15) is 0 Å². The molecule has 1 aliphatic heterocycles. The van der Waals surface area contributed by atoms with Crippen LogP contribution in [0.5, 0.6) is 0 Å². The third kappa shape index (κ3) is 3.05. The van der Waals surface area contributed by atoms with Gasteiger partial charge in [-0.1, -0.05) is 13.8 Å². The molecule has 118 valence electrons. The Morgan fingerprint density at radius 1 is 1.15 bits per heavy atom. The van der Waals surface area contributed by atoms with Gasteiger partial charge in [-0.25, -0.2) is 0 Å². The summed E-state index contributed by atoms with van der Waals surface area (Å²) in [5.74, 6) is 0.888. The van der Waals surface area contributed by atoms with Crippen LogP contribution in [0.2, 0.25) is 0 Å². The maximum Gasteiger partial charge on any atom is 0.0661 e. The van der Waals surface area contributed by atoms with E-state index in [4.69, 9.17) is 4.74 Å². The van der Waals surface area contributed by atoms with Crippen molar-refractivity contribution in [3.05, 3.63) is 0 Å². The average Bonchev–Trinajstić information content (AvgIpc) is 2.45. The Labute approximate surface area is 125 Å². The Kier molecular flexibility index (Phi) is 5.88. The molecule has 1 saturated heterocycles. The molecule has 20 heavy (non-hydrogen) atoms. The third-order valence-corrected chi connectivity index (χ3v) is 5.96. The summed E-state index contributed by atoms with van der Waals surface area (Å²) in [5.41, 5.74) is 0.400. The fourth-order valence-electron chi connectivity index (χ4n) is 4.56. The number of piperidine rings is 1. The molecule has 0 radical (unpaired) electrons. The maximum absolute atomic E-state index is 6.01. The highest BCUT2D eigenvalue weighted by Gasteiger charge is 2.54. The molecule has 1 N–H and O–H groups in total. The van der Waals surface area contributed by atoms with Gasteiger partial charge in [0.1, 0.15) is 0 Å². The maximum atomic E-state index is 6.01. The molecule has 2 rings (SSSR count). The number of hydrogen-bond acceptors (Lipinski definition) is 3. The molecule has 0 aromatic rings. The minimum atomic E-state index is 0.400. The van der Waals surface area contributed by atoms with Crippen molar-refractivity contribution >= 4 is 0 Å². The summed E-state index contributed by atoms with van der Waals surface area (Å²) < 4.78 is 6.01. The summed E-state index contributed by atoms with van der Waals surface area (Å²) in [6, 6.07) is 0.726. The van der Waals surface area contributed by atoms with Gasteiger partial charge in [-0.3, -0.25) is 0 Å². The topological polar surface area (TPSA) is 24.5 Å². The van der Waals surface area contributed by atoms with Crippen molar-refractivity contribution in [3.63, 3.8) is 0 Å². The Hall–Kier alpha value is -0.120. The van der Waals surface area contributed by atoms with Crippen molar-refractivity contribution in [2.45, 2.75) is 65.0 Å². The number of rotatable bonds is 7. The minimum absolute atomic E-state index is 0.400. The zero-order valence-electron chi connectivity index (χ0n) is 14.0. The lowest BCUT2D eigenvalue weighted by Gasteiger charge is -2.58. The molecule has 2 atom stereocenters. The molecule has 0 spiro atoms. The van der Waals surface area contributed by atoms with E-state index in [0.29, 0.717) is 11.5 Å². The highest BCUT2D eigenvalue weighted by atomic mass is 16.5. The van der Waals surface area contributed by atoms with Crippen LogP contribution >= 0.6 is 0 Å². The standard InChI is InChI=1S/C17H34N2O/c1-5-17(6-2)15(12-16(17)20-7-3)19(4)13-14-8-10-18-11-9-14/h14-16,18H,5-13H2,1-4H3. The normalized spacial score (nSPS) is 30.4. The molecule has 1 aliphatic carbocycles. The largest absolute Gasteiger partial charge is 0.378 e. The van der Waals surface area contributed by atoms with Gasteiger partial charge in [0.05, 0.1) is 6.10 Å². The van der Waals surface area contributed by atoms with Crippen LogP contribution in [-0.4, -0.2) is 50.3 Å². The van der Waals surface area contributed by atoms with Gasteiger partial charge in [0.2, 0.25) is 0 Å². The van der Waals surface area contributed by atoms with Crippen LogP contribution in [0.3, 0.4) is 0 Å². The monoisotopic (exact) mass is 282 g/mol. The molecule has 3 nitrogen and oxygen atoms in total. The summed E-state index contributed by atoms with van der Waals surface area (Å²) in [7, 11) is 2.34. The second-order valence-corrected chi connectivity index (χ2v) is 6.77. The van der Waals surface area contributed by atoms with Crippen LogP contribution < -0.4 is 5.32 Å². The molecule has 1 saturated carbocycles. The van der Waals surface area contributed by atoms with Gasteiger partial charge in [-0.05, 0) is 65.1 Å². The van der Waals surface area contributed by atoms with E-state index in [1.807, 2.05) is 0 Å². The van der Waals surface area contributed by atoms with E-state index in [1.54, 1.807) is 0 Å². The van der Waals surface area contributed by atoms with Gasteiger partial charge >= 0.3 is 0 Å². The van der Waals surface area contributed by atoms with Crippen molar-refractivity contribution in [1.82, 2.24) is 10.2 Å².